The molecule has 0 radical (unpaired) electrons. The molecule has 1 aromatic rings. The van der Waals surface area contributed by atoms with E-state index in [9.17, 15) is 18.0 Å². The minimum atomic E-state index is -3.54. The zero-order chi connectivity index (χ0) is 16.2. The second-order valence-electron chi connectivity index (χ2n) is 4.39. The average Bonchev–Trinajstić information content (AvgIpc) is 2.37. The Morgan fingerprint density at radius 3 is 2.43 bits per heavy atom. The first-order chi connectivity index (χ1) is 9.65. The van der Waals surface area contributed by atoms with Gasteiger partial charge in [-0.15, -0.1) is 0 Å². The van der Waals surface area contributed by atoms with Crippen LogP contribution in [-0.2, 0) is 26.2 Å². The molecule has 0 atom stereocenters. The molecule has 6 nitrogen and oxygen atoms in total. The Morgan fingerprint density at radius 1 is 1.33 bits per heavy atom. The number of sulfonamides is 1. The van der Waals surface area contributed by atoms with E-state index < -0.39 is 16.0 Å². The molecule has 0 aliphatic heterocycles. The highest BCUT2D eigenvalue weighted by Crippen LogP contribution is 2.32. The Balaban J connectivity index is 3.34. The Hall–Kier alpha value is -1.41. The van der Waals surface area contributed by atoms with Crippen molar-refractivity contribution in [1.29, 1.82) is 0 Å². The van der Waals surface area contributed by atoms with Crippen LogP contribution in [0.3, 0.4) is 0 Å². The normalized spacial score (nSPS) is 11.0. The first-order valence-corrected chi connectivity index (χ1v) is 8.80. The lowest BCUT2D eigenvalue weighted by Crippen LogP contribution is -2.14. The van der Waals surface area contributed by atoms with E-state index in [4.69, 9.17) is 4.74 Å². The fourth-order valence-corrected chi connectivity index (χ4v) is 3.06. The monoisotopic (exact) mass is 377 g/mol. The Morgan fingerprint density at radius 2 is 1.95 bits per heavy atom. The zero-order valence-electron chi connectivity index (χ0n) is 11.9. The van der Waals surface area contributed by atoms with E-state index >= 15 is 0 Å². The Bertz CT molecular complexity index is 669. The molecule has 0 saturated carbocycles. The summed E-state index contributed by atoms with van der Waals surface area (Å²) >= 11 is 3.24. The molecule has 0 fully saturated rings. The van der Waals surface area contributed by atoms with Gasteiger partial charge in [0.15, 0.2) is 5.78 Å². The first kappa shape index (κ1) is 17.6. The highest BCUT2D eigenvalue weighted by atomic mass is 79.9. The molecule has 8 heteroatoms. The van der Waals surface area contributed by atoms with Gasteiger partial charge < -0.3 is 4.74 Å². The number of rotatable bonds is 6. The summed E-state index contributed by atoms with van der Waals surface area (Å²) in [4.78, 5) is 22.7. The van der Waals surface area contributed by atoms with E-state index in [0.29, 0.717) is 22.0 Å². The lowest BCUT2D eigenvalue weighted by atomic mass is 10.0. The summed E-state index contributed by atoms with van der Waals surface area (Å²) in [5.41, 5.74) is 1.03. The van der Waals surface area contributed by atoms with Gasteiger partial charge in [-0.1, -0.05) is 13.0 Å². The van der Waals surface area contributed by atoms with Crippen LogP contribution in [0.25, 0.3) is 0 Å². The van der Waals surface area contributed by atoms with Gasteiger partial charge in [0.05, 0.1) is 16.4 Å². The van der Waals surface area contributed by atoms with E-state index in [1.807, 2.05) is 0 Å². The summed E-state index contributed by atoms with van der Waals surface area (Å²) in [5, 5.41) is 0. The maximum atomic E-state index is 11.8. The maximum Gasteiger partial charge on any atom is 0.302 e. The fraction of sp³-hybridized carbons (Fsp3) is 0.385. The summed E-state index contributed by atoms with van der Waals surface area (Å²) in [6, 6.07) is 3.13. The second kappa shape index (κ2) is 7.04. The fourth-order valence-electron chi connectivity index (χ4n) is 1.62. The summed E-state index contributed by atoms with van der Waals surface area (Å²) in [5.74, 6) is -0.609. The van der Waals surface area contributed by atoms with Crippen LogP contribution in [0.1, 0.15) is 36.2 Å². The first-order valence-electron chi connectivity index (χ1n) is 6.11. The van der Waals surface area contributed by atoms with Crippen molar-refractivity contribution in [3.63, 3.8) is 0 Å². The van der Waals surface area contributed by atoms with Crippen molar-refractivity contribution in [3.05, 3.63) is 27.7 Å². The van der Waals surface area contributed by atoms with Crippen LogP contribution in [0.15, 0.2) is 16.6 Å². The largest absolute Gasteiger partial charge is 0.461 e. The van der Waals surface area contributed by atoms with Crippen LogP contribution >= 0.6 is 15.9 Å². The molecule has 0 saturated heterocycles. The molecule has 0 heterocycles. The van der Waals surface area contributed by atoms with Crippen molar-refractivity contribution in [2.24, 2.45) is 0 Å². The van der Waals surface area contributed by atoms with Gasteiger partial charge in [-0.25, -0.2) is 8.42 Å². The SMILES string of the molecule is CCC(=O)c1ccc(COC(C)=O)c(NS(C)(=O)=O)c1Br. The van der Waals surface area contributed by atoms with Gasteiger partial charge in [0.1, 0.15) is 6.61 Å². The number of anilines is 1. The third kappa shape index (κ3) is 5.13. The van der Waals surface area contributed by atoms with Crippen molar-refractivity contribution >= 4 is 43.4 Å². The van der Waals surface area contributed by atoms with Crippen LogP contribution in [0.5, 0.6) is 0 Å². The second-order valence-corrected chi connectivity index (χ2v) is 6.93. The topological polar surface area (TPSA) is 89.5 Å². The molecule has 0 bridgehead atoms. The van der Waals surface area contributed by atoms with Gasteiger partial charge in [-0.05, 0) is 22.0 Å². The van der Waals surface area contributed by atoms with Crippen LogP contribution in [0, 0.1) is 0 Å². The number of ketones is 1. The van der Waals surface area contributed by atoms with Crippen LogP contribution in [-0.4, -0.2) is 26.4 Å². The molecule has 1 N–H and O–H groups in total. The summed E-state index contributed by atoms with van der Waals surface area (Å²) in [6.45, 7) is 2.88. The number of carbonyl (C=O) groups excluding carboxylic acids is 2. The van der Waals surface area contributed by atoms with Gasteiger partial charge >= 0.3 is 5.97 Å². The highest BCUT2D eigenvalue weighted by Gasteiger charge is 2.18. The standard InChI is InChI=1S/C13H16BrNO5S/c1-4-11(17)10-6-5-9(7-20-8(2)16)13(12(10)14)15-21(3,18)19/h5-6,15H,4,7H2,1-3H3. The van der Waals surface area contributed by atoms with E-state index in [-0.39, 0.29) is 18.1 Å². The molecular formula is C13H16BrNO5S. The summed E-state index contributed by atoms with van der Waals surface area (Å²) in [7, 11) is -3.54. The minimum absolute atomic E-state index is 0.0909. The van der Waals surface area contributed by atoms with Crippen LogP contribution in [0.4, 0.5) is 5.69 Å². The molecule has 0 aromatic heterocycles. The minimum Gasteiger partial charge on any atom is -0.461 e. The zero-order valence-corrected chi connectivity index (χ0v) is 14.3. The molecular weight excluding hydrogens is 362 g/mol. The average molecular weight is 378 g/mol. The molecule has 1 rings (SSSR count). The summed E-state index contributed by atoms with van der Waals surface area (Å²) in [6.07, 6.45) is 1.30. The van der Waals surface area contributed by atoms with Crippen molar-refractivity contribution in [3.8, 4) is 0 Å². The number of carbonyl (C=O) groups is 2. The number of ether oxygens (including phenoxy) is 1. The van der Waals surface area contributed by atoms with Crippen molar-refractivity contribution in [2.75, 3.05) is 11.0 Å². The van der Waals surface area contributed by atoms with E-state index in [1.165, 1.54) is 6.92 Å². The highest BCUT2D eigenvalue weighted by molar-refractivity contribution is 9.10. The molecule has 0 amide bonds. The van der Waals surface area contributed by atoms with Crippen LogP contribution < -0.4 is 4.72 Å². The number of halogens is 1. The number of hydrogen-bond acceptors (Lipinski definition) is 5. The predicted octanol–water partition coefficient (Wildman–Crippen LogP) is 2.48. The maximum absolute atomic E-state index is 11.8. The molecule has 0 spiro atoms. The molecule has 116 valence electrons. The smallest absolute Gasteiger partial charge is 0.302 e. The molecule has 21 heavy (non-hydrogen) atoms. The molecule has 0 aliphatic carbocycles. The van der Waals surface area contributed by atoms with Crippen molar-refractivity contribution < 1.29 is 22.7 Å². The van der Waals surface area contributed by atoms with Gasteiger partial charge in [0, 0.05) is 24.5 Å². The third-order valence-corrected chi connectivity index (χ3v) is 3.97. The third-order valence-electron chi connectivity index (χ3n) is 2.57. The van der Waals surface area contributed by atoms with Crippen molar-refractivity contribution in [2.45, 2.75) is 26.9 Å². The van der Waals surface area contributed by atoms with Gasteiger partial charge in [-0.3, -0.25) is 14.3 Å². The number of esters is 1. The number of Topliss-reactive ketones (excluding diaryl/α,β-unsaturated/α-hetero) is 1. The van der Waals surface area contributed by atoms with E-state index in [0.717, 1.165) is 6.26 Å². The van der Waals surface area contributed by atoms with Gasteiger partial charge in [0.2, 0.25) is 10.0 Å². The molecule has 1 aromatic carbocycles. The number of nitrogens with one attached hydrogen (secondary N) is 1. The van der Waals surface area contributed by atoms with Gasteiger partial charge in [0.25, 0.3) is 0 Å². The predicted molar refractivity (Wildman–Crippen MR) is 82.7 cm³/mol. The number of hydrogen-bond donors (Lipinski definition) is 1. The molecule has 0 aliphatic rings. The van der Waals surface area contributed by atoms with E-state index in [2.05, 4.69) is 20.7 Å². The Kier molecular flexibility index (Phi) is 5.91. The van der Waals surface area contributed by atoms with Crippen molar-refractivity contribution in [1.82, 2.24) is 0 Å². The summed E-state index contributed by atoms with van der Waals surface area (Å²) < 4.78 is 30.5. The van der Waals surface area contributed by atoms with Gasteiger partial charge in [-0.2, -0.15) is 0 Å². The van der Waals surface area contributed by atoms with E-state index in [1.54, 1.807) is 19.1 Å². The van der Waals surface area contributed by atoms with Crippen LogP contribution in [0.2, 0.25) is 0 Å². The lowest BCUT2D eigenvalue weighted by molar-refractivity contribution is -0.142. The molecule has 0 unspecified atom stereocenters. The lowest BCUT2D eigenvalue weighted by Gasteiger charge is -2.15. The number of benzene rings is 1. The quantitative estimate of drug-likeness (QED) is 0.607. The Labute approximate surface area is 132 Å².